The normalized spacial score (nSPS) is 10.2. The van der Waals surface area contributed by atoms with Crippen molar-refractivity contribution in [3.05, 3.63) is 66.5 Å². The van der Waals surface area contributed by atoms with Crippen LogP contribution in [0.25, 0.3) is 11.1 Å². The first kappa shape index (κ1) is 28.1. The van der Waals surface area contributed by atoms with E-state index in [0.29, 0.717) is 11.3 Å². The fourth-order valence-electron chi connectivity index (χ4n) is 2.71. The third-order valence-electron chi connectivity index (χ3n) is 4.57. The first-order chi connectivity index (χ1) is 17.1. The van der Waals surface area contributed by atoms with E-state index in [0.717, 1.165) is 6.07 Å². The van der Waals surface area contributed by atoms with Crippen LogP contribution in [0, 0.1) is 5.82 Å². The number of halogens is 1. The Morgan fingerprint density at radius 2 is 1.44 bits per heavy atom. The van der Waals surface area contributed by atoms with Crippen LogP contribution in [-0.4, -0.2) is 44.3 Å². The van der Waals surface area contributed by atoms with E-state index in [-0.39, 0.29) is 67.0 Å². The predicted octanol–water partition coefficient (Wildman–Crippen LogP) is 4.80. The van der Waals surface area contributed by atoms with Gasteiger partial charge in [0, 0.05) is 29.2 Å². The number of carbonyl (C=O) groups is 3. The van der Waals surface area contributed by atoms with Crippen LogP contribution in [0.2, 0.25) is 0 Å². The van der Waals surface area contributed by atoms with E-state index in [1.165, 1.54) is 26.0 Å². The summed E-state index contributed by atoms with van der Waals surface area (Å²) >= 11 is 0. The summed E-state index contributed by atoms with van der Waals surface area (Å²) in [5.74, 6) is -1.54. The molecule has 0 unspecified atom stereocenters. The molecule has 0 heterocycles. The number of ether oxygens (including phenoxy) is 5. The van der Waals surface area contributed by atoms with Gasteiger partial charge in [0.05, 0.1) is 0 Å². The molecule has 0 atom stereocenters. The lowest BCUT2D eigenvalue weighted by Gasteiger charge is -2.15. The maximum Gasteiger partial charge on any atom is 0.338 e. The molecule has 0 bridgehead atoms. The van der Waals surface area contributed by atoms with Gasteiger partial charge in [-0.3, -0.25) is 4.79 Å². The van der Waals surface area contributed by atoms with Crippen molar-refractivity contribution in [3.63, 3.8) is 0 Å². The van der Waals surface area contributed by atoms with Crippen LogP contribution in [0.3, 0.4) is 0 Å². The Morgan fingerprint density at radius 1 is 0.806 bits per heavy atom. The Bertz CT molecular complexity index is 1140. The van der Waals surface area contributed by atoms with E-state index in [4.69, 9.17) is 23.7 Å². The van der Waals surface area contributed by atoms with Gasteiger partial charge in [0.15, 0.2) is 11.5 Å². The zero-order valence-corrected chi connectivity index (χ0v) is 20.6. The minimum Gasteiger partial charge on any atom is -0.486 e. The monoisotopic (exact) mass is 500 g/mol. The Morgan fingerprint density at radius 3 is 2.06 bits per heavy atom. The van der Waals surface area contributed by atoms with Crippen LogP contribution in [-0.2, 0) is 23.9 Å². The molecule has 0 aromatic heterocycles. The first-order valence-corrected chi connectivity index (χ1v) is 11.2. The lowest BCUT2D eigenvalue weighted by molar-refractivity contribution is -0.144. The highest BCUT2D eigenvalue weighted by Gasteiger charge is 2.14. The predicted molar refractivity (Wildman–Crippen MR) is 130 cm³/mol. The second kappa shape index (κ2) is 13.7. The van der Waals surface area contributed by atoms with E-state index in [9.17, 15) is 18.8 Å². The third kappa shape index (κ3) is 8.57. The molecule has 9 heteroatoms. The number of hydrogen-bond acceptors (Lipinski definition) is 8. The molecule has 0 amide bonds. The van der Waals surface area contributed by atoms with Gasteiger partial charge in [0.1, 0.15) is 38.0 Å². The zero-order chi connectivity index (χ0) is 26.7. The first-order valence-electron chi connectivity index (χ1n) is 11.2. The van der Waals surface area contributed by atoms with E-state index in [1.54, 1.807) is 25.1 Å². The molecule has 0 fully saturated rings. The number of carbonyl (C=O) groups excluding carboxylic acids is 3. The summed E-state index contributed by atoms with van der Waals surface area (Å²) in [6.45, 7) is 11.8. The van der Waals surface area contributed by atoms with Gasteiger partial charge >= 0.3 is 17.9 Å². The van der Waals surface area contributed by atoms with Crippen LogP contribution in [0.5, 0.6) is 17.2 Å². The number of rotatable bonds is 13. The maximum atomic E-state index is 14.8. The number of esters is 3. The molecule has 0 saturated carbocycles. The topological polar surface area (TPSA) is 97.4 Å². The van der Waals surface area contributed by atoms with Gasteiger partial charge in [-0.25, -0.2) is 14.0 Å². The molecule has 8 nitrogen and oxygen atoms in total. The summed E-state index contributed by atoms with van der Waals surface area (Å²) in [5, 5.41) is 0. The molecule has 36 heavy (non-hydrogen) atoms. The average Bonchev–Trinajstić information content (AvgIpc) is 2.84. The fourth-order valence-corrected chi connectivity index (χ4v) is 2.71. The van der Waals surface area contributed by atoms with Gasteiger partial charge in [-0.1, -0.05) is 26.1 Å². The van der Waals surface area contributed by atoms with Crippen molar-refractivity contribution < 1.29 is 42.5 Å². The summed E-state index contributed by atoms with van der Waals surface area (Å²) < 4.78 is 41.3. The summed E-state index contributed by atoms with van der Waals surface area (Å²) in [7, 11) is 0. The molecular formula is C27H29FO8. The molecule has 2 aromatic rings. The minimum atomic E-state index is -0.656. The minimum absolute atomic E-state index is 0.0139. The SMILES string of the molecule is C=C(C)C(=O)OCCOc1ccc(-c2ccc(OC(=O)C(=C)C)cc2F)cc1OCCOC(=O)CC. The van der Waals surface area contributed by atoms with Crippen molar-refractivity contribution >= 4 is 17.9 Å². The van der Waals surface area contributed by atoms with E-state index >= 15 is 0 Å². The summed E-state index contributed by atoms with van der Waals surface area (Å²) in [4.78, 5) is 34.5. The maximum absolute atomic E-state index is 14.8. The molecule has 192 valence electrons. The molecule has 0 aliphatic heterocycles. The Balaban J connectivity index is 2.20. The van der Waals surface area contributed by atoms with Crippen LogP contribution >= 0.6 is 0 Å². The zero-order valence-electron chi connectivity index (χ0n) is 20.6. The Labute approximate surface area is 209 Å². The summed E-state index contributed by atoms with van der Waals surface area (Å²) in [5.41, 5.74) is 1.16. The molecule has 0 aliphatic rings. The van der Waals surface area contributed by atoms with Crippen molar-refractivity contribution in [2.45, 2.75) is 27.2 Å². The van der Waals surface area contributed by atoms with Gasteiger partial charge in [-0.05, 0) is 43.7 Å². The number of benzene rings is 2. The second-order valence-electron chi connectivity index (χ2n) is 7.66. The van der Waals surface area contributed by atoms with Gasteiger partial charge in [-0.15, -0.1) is 0 Å². The molecule has 0 N–H and O–H groups in total. The molecular weight excluding hydrogens is 471 g/mol. The highest BCUT2D eigenvalue weighted by molar-refractivity contribution is 5.89. The van der Waals surface area contributed by atoms with Gasteiger partial charge in [0.2, 0.25) is 0 Å². The summed E-state index contributed by atoms with van der Waals surface area (Å²) in [6.07, 6.45) is 0.240. The van der Waals surface area contributed by atoms with Crippen LogP contribution < -0.4 is 14.2 Å². The van der Waals surface area contributed by atoms with Gasteiger partial charge in [-0.2, -0.15) is 0 Å². The van der Waals surface area contributed by atoms with Crippen molar-refractivity contribution in [1.29, 1.82) is 0 Å². The van der Waals surface area contributed by atoms with Crippen molar-refractivity contribution in [2.24, 2.45) is 0 Å². The lowest BCUT2D eigenvalue weighted by Crippen LogP contribution is -2.14. The number of hydrogen-bond donors (Lipinski definition) is 0. The fraction of sp³-hybridized carbons (Fsp3) is 0.296. The molecule has 0 spiro atoms. The van der Waals surface area contributed by atoms with Crippen LogP contribution in [0.4, 0.5) is 4.39 Å². The highest BCUT2D eigenvalue weighted by Crippen LogP contribution is 2.35. The van der Waals surface area contributed by atoms with Gasteiger partial charge in [0.25, 0.3) is 0 Å². The summed E-state index contributed by atoms with van der Waals surface area (Å²) in [6, 6.07) is 8.80. The van der Waals surface area contributed by atoms with Crippen molar-refractivity contribution in [2.75, 3.05) is 26.4 Å². The van der Waals surface area contributed by atoms with E-state index < -0.39 is 17.8 Å². The lowest BCUT2D eigenvalue weighted by atomic mass is 10.0. The molecule has 0 saturated heterocycles. The standard InChI is InChI=1S/C27H29FO8/c1-6-25(29)34-13-11-33-24-15-19(7-10-23(24)32-12-14-35-26(30)17(2)3)21-9-8-20(16-22(21)28)36-27(31)18(4)5/h7-10,15-16H,2,4,6,11-14H2,1,3,5H3. The molecule has 0 radical (unpaired) electrons. The van der Waals surface area contributed by atoms with Gasteiger partial charge < -0.3 is 23.7 Å². The molecule has 2 rings (SSSR count). The van der Waals surface area contributed by atoms with Crippen LogP contribution in [0.1, 0.15) is 27.2 Å². The third-order valence-corrected chi connectivity index (χ3v) is 4.57. The van der Waals surface area contributed by atoms with Crippen LogP contribution in [0.15, 0.2) is 60.7 Å². The smallest absolute Gasteiger partial charge is 0.338 e. The quantitative estimate of drug-likeness (QED) is 0.167. The second-order valence-corrected chi connectivity index (χ2v) is 7.66. The highest BCUT2D eigenvalue weighted by atomic mass is 19.1. The molecule has 0 aliphatic carbocycles. The Kier molecular flexibility index (Phi) is 10.7. The van der Waals surface area contributed by atoms with Crippen molar-refractivity contribution in [3.8, 4) is 28.4 Å². The van der Waals surface area contributed by atoms with E-state index in [1.807, 2.05) is 0 Å². The average molecular weight is 501 g/mol. The largest absolute Gasteiger partial charge is 0.486 e. The molecule has 2 aromatic carbocycles. The Hall–Kier alpha value is -4.14. The van der Waals surface area contributed by atoms with E-state index in [2.05, 4.69) is 13.2 Å². The van der Waals surface area contributed by atoms with Crippen molar-refractivity contribution in [1.82, 2.24) is 0 Å².